The molecule has 27 heavy (non-hydrogen) atoms. The third-order valence-electron chi connectivity index (χ3n) is 5.08. The number of amides is 3. The van der Waals surface area contributed by atoms with Gasteiger partial charge >= 0.3 is 0 Å². The van der Waals surface area contributed by atoms with Crippen molar-refractivity contribution in [2.24, 2.45) is 0 Å². The number of benzene rings is 2. The van der Waals surface area contributed by atoms with Gasteiger partial charge in [0, 0.05) is 49.5 Å². The highest BCUT2D eigenvalue weighted by molar-refractivity contribution is 6.30. The third-order valence-corrected chi connectivity index (χ3v) is 5.31. The van der Waals surface area contributed by atoms with Crippen molar-refractivity contribution in [2.45, 2.75) is 0 Å². The summed E-state index contributed by atoms with van der Waals surface area (Å²) in [6, 6.07) is 12.4. The molecule has 2 aromatic rings. The van der Waals surface area contributed by atoms with E-state index in [1.165, 1.54) is 13.1 Å². The van der Waals surface area contributed by atoms with Crippen molar-refractivity contribution >= 4 is 35.0 Å². The largest absolute Gasteiger partial charge is 0.368 e. The molecule has 3 amide bonds. The number of anilines is 1. The minimum Gasteiger partial charge on any atom is -0.368 e. The number of piperazine rings is 1. The first-order valence-electron chi connectivity index (χ1n) is 8.72. The number of nitrogens with zero attached hydrogens (tertiary/aromatic N) is 3. The number of carbonyl (C=O) groups excluding carboxylic acids is 3. The van der Waals surface area contributed by atoms with Gasteiger partial charge in [0.1, 0.15) is 0 Å². The SMILES string of the molecule is CN1C(=O)c2ccc(C(=O)N3CCN(c4cccc(Cl)c4)CC3)cc2C1=O. The van der Waals surface area contributed by atoms with Gasteiger partial charge in [-0.25, -0.2) is 0 Å². The molecule has 0 saturated carbocycles. The molecule has 2 aliphatic heterocycles. The Kier molecular flexibility index (Phi) is 4.36. The number of imide groups is 1. The summed E-state index contributed by atoms with van der Waals surface area (Å²) < 4.78 is 0. The van der Waals surface area contributed by atoms with Crippen LogP contribution in [0.2, 0.25) is 5.02 Å². The van der Waals surface area contributed by atoms with Gasteiger partial charge in [-0.15, -0.1) is 0 Å². The molecule has 0 N–H and O–H groups in total. The van der Waals surface area contributed by atoms with Crippen molar-refractivity contribution in [2.75, 3.05) is 38.1 Å². The van der Waals surface area contributed by atoms with Crippen LogP contribution < -0.4 is 4.90 Å². The molecule has 0 unspecified atom stereocenters. The van der Waals surface area contributed by atoms with Gasteiger partial charge < -0.3 is 9.80 Å². The van der Waals surface area contributed by atoms with Gasteiger partial charge in [-0.1, -0.05) is 17.7 Å². The number of carbonyl (C=O) groups is 3. The molecule has 0 aromatic heterocycles. The van der Waals surface area contributed by atoms with Crippen molar-refractivity contribution in [3.05, 3.63) is 64.2 Å². The van der Waals surface area contributed by atoms with Crippen molar-refractivity contribution in [3.8, 4) is 0 Å². The van der Waals surface area contributed by atoms with Crippen LogP contribution in [-0.4, -0.2) is 60.7 Å². The van der Waals surface area contributed by atoms with Crippen LogP contribution >= 0.6 is 11.6 Å². The van der Waals surface area contributed by atoms with Crippen LogP contribution in [-0.2, 0) is 0 Å². The lowest BCUT2D eigenvalue weighted by atomic mass is 10.0. The van der Waals surface area contributed by atoms with Crippen LogP contribution in [0.1, 0.15) is 31.1 Å². The molecule has 6 nitrogen and oxygen atoms in total. The number of halogens is 1. The highest BCUT2D eigenvalue weighted by atomic mass is 35.5. The van der Waals surface area contributed by atoms with Crippen molar-refractivity contribution in [1.82, 2.24) is 9.80 Å². The highest BCUT2D eigenvalue weighted by Gasteiger charge is 2.33. The summed E-state index contributed by atoms with van der Waals surface area (Å²) in [6.07, 6.45) is 0. The molecular formula is C20H18ClN3O3. The summed E-state index contributed by atoms with van der Waals surface area (Å²) in [5.74, 6) is -0.821. The van der Waals surface area contributed by atoms with Crippen LogP contribution in [0.5, 0.6) is 0 Å². The summed E-state index contributed by atoms with van der Waals surface area (Å²) in [6.45, 7) is 2.57. The Bertz CT molecular complexity index is 951. The van der Waals surface area contributed by atoms with E-state index >= 15 is 0 Å². The van der Waals surface area contributed by atoms with Gasteiger partial charge in [-0.05, 0) is 36.4 Å². The van der Waals surface area contributed by atoms with Crippen LogP contribution in [0.3, 0.4) is 0 Å². The van der Waals surface area contributed by atoms with E-state index < -0.39 is 0 Å². The summed E-state index contributed by atoms with van der Waals surface area (Å²) in [7, 11) is 1.45. The molecule has 2 aromatic carbocycles. The lowest BCUT2D eigenvalue weighted by molar-refractivity contribution is 0.0692. The van der Waals surface area contributed by atoms with Crippen LogP contribution in [0.4, 0.5) is 5.69 Å². The van der Waals surface area contributed by atoms with E-state index in [0.717, 1.165) is 10.6 Å². The lowest BCUT2D eigenvalue weighted by Crippen LogP contribution is -2.48. The summed E-state index contributed by atoms with van der Waals surface area (Å²) in [5, 5.41) is 0.688. The van der Waals surface area contributed by atoms with Gasteiger partial charge in [0.2, 0.25) is 0 Å². The van der Waals surface area contributed by atoms with Crippen molar-refractivity contribution in [3.63, 3.8) is 0 Å². The van der Waals surface area contributed by atoms with E-state index in [0.29, 0.717) is 47.9 Å². The summed E-state index contributed by atoms with van der Waals surface area (Å²) >= 11 is 6.06. The fourth-order valence-electron chi connectivity index (χ4n) is 3.52. The zero-order valence-corrected chi connectivity index (χ0v) is 15.6. The Hall–Kier alpha value is -2.86. The fourth-order valence-corrected chi connectivity index (χ4v) is 3.70. The molecule has 138 valence electrons. The molecule has 2 heterocycles. The first-order valence-corrected chi connectivity index (χ1v) is 9.10. The van der Waals surface area contributed by atoms with Gasteiger partial charge in [0.05, 0.1) is 11.1 Å². The standard InChI is InChI=1S/C20H18ClN3O3/c1-22-19(26)16-6-5-13(11-17(16)20(22)27)18(25)24-9-7-23(8-10-24)15-4-2-3-14(21)12-15/h2-6,11-12H,7-10H2,1H3. The van der Waals surface area contributed by atoms with Crippen LogP contribution in [0.15, 0.2) is 42.5 Å². The Labute approximate surface area is 161 Å². The summed E-state index contributed by atoms with van der Waals surface area (Å²) in [5.41, 5.74) is 2.12. The van der Waals surface area contributed by atoms with Crippen molar-refractivity contribution < 1.29 is 14.4 Å². The molecule has 4 rings (SSSR count). The Morgan fingerprint density at radius 1 is 0.926 bits per heavy atom. The minimum atomic E-state index is -0.365. The molecule has 0 radical (unpaired) electrons. The average Bonchev–Trinajstić information content (AvgIpc) is 2.91. The first-order chi connectivity index (χ1) is 13.0. The predicted molar refractivity (Wildman–Crippen MR) is 102 cm³/mol. The molecule has 7 heteroatoms. The van der Waals surface area contributed by atoms with E-state index in [1.54, 1.807) is 17.0 Å². The van der Waals surface area contributed by atoms with E-state index in [4.69, 9.17) is 11.6 Å². The topological polar surface area (TPSA) is 60.9 Å². The fraction of sp³-hybridized carbons (Fsp3) is 0.250. The quantitative estimate of drug-likeness (QED) is 0.748. The molecule has 0 bridgehead atoms. The predicted octanol–water partition coefficient (Wildman–Crippen LogP) is 2.53. The summed E-state index contributed by atoms with van der Waals surface area (Å²) in [4.78, 5) is 42.0. The molecule has 1 fully saturated rings. The van der Waals surface area contributed by atoms with E-state index in [2.05, 4.69) is 4.90 Å². The van der Waals surface area contributed by atoms with Crippen LogP contribution in [0, 0.1) is 0 Å². The highest BCUT2D eigenvalue weighted by Crippen LogP contribution is 2.24. The second-order valence-electron chi connectivity index (χ2n) is 6.69. The van der Waals surface area contributed by atoms with Gasteiger partial charge in [0.15, 0.2) is 0 Å². The van der Waals surface area contributed by atoms with Crippen LogP contribution in [0.25, 0.3) is 0 Å². The molecule has 0 spiro atoms. The maximum Gasteiger partial charge on any atom is 0.261 e. The maximum atomic E-state index is 12.8. The molecule has 2 aliphatic rings. The normalized spacial score (nSPS) is 16.7. The number of hydrogen-bond donors (Lipinski definition) is 0. The van der Waals surface area contributed by atoms with Crippen molar-refractivity contribution in [1.29, 1.82) is 0 Å². The smallest absolute Gasteiger partial charge is 0.261 e. The van der Waals surface area contributed by atoms with E-state index in [1.807, 2.05) is 24.3 Å². The zero-order valence-electron chi connectivity index (χ0n) is 14.8. The van der Waals surface area contributed by atoms with E-state index in [9.17, 15) is 14.4 Å². The van der Waals surface area contributed by atoms with E-state index in [-0.39, 0.29) is 17.7 Å². The lowest BCUT2D eigenvalue weighted by Gasteiger charge is -2.36. The average molecular weight is 384 g/mol. The minimum absolute atomic E-state index is 0.127. The van der Waals surface area contributed by atoms with Gasteiger partial charge in [0.25, 0.3) is 17.7 Å². The Morgan fingerprint density at radius 3 is 2.33 bits per heavy atom. The Morgan fingerprint density at radius 2 is 1.63 bits per heavy atom. The first kappa shape index (κ1) is 17.5. The second kappa shape index (κ2) is 6.70. The third kappa shape index (κ3) is 3.06. The molecule has 1 saturated heterocycles. The number of hydrogen-bond acceptors (Lipinski definition) is 4. The Balaban J connectivity index is 1.48. The number of rotatable bonds is 2. The van der Waals surface area contributed by atoms with Gasteiger partial charge in [-0.3, -0.25) is 19.3 Å². The molecule has 0 atom stereocenters. The maximum absolute atomic E-state index is 12.8. The zero-order chi connectivity index (χ0) is 19.1. The molecular weight excluding hydrogens is 366 g/mol. The molecule has 0 aliphatic carbocycles. The second-order valence-corrected chi connectivity index (χ2v) is 7.13. The monoisotopic (exact) mass is 383 g/mol. The number of fused-ring (bicyclic) bond motifs is 1. The van der Waals surface area contributed by atoms with Gasteiger partial charge in [-0.2, -0.15) is 0 Å².